The molecule has 21 heavy (non-hydrogen) atoms. The fraction of sp³-hybridized carbons (Fsp3) is 0.875. The highest BCUT2D eigenvalue weighted by molar-refractivity contribution is 5.81. The van der Waals surface area contributed by atoms with Gasteiger partial charge in [-0.2, -0.15) is 0 Å². The monoisotopic (exact) mass is 300 g/mol. The summed E-state index contributed by atoms with van der Waals surface area (Å²) >= 11 is 0. The van der Waals surface area contributed by atoms with Crippen molar-refractivity contribution >= 4 is 11.7 Å². The normalized spacial score (nSPS) is 17.4. The molecule has 1 saturated heterocycles. The third kappa shape index (κ3) is 7.05. The zero-order chi connectivity index (χ0) is 15.8. The Bertz CT molecular complexity index is 340. The largest absolute Gasteiger partial charge is 0.370 e. The summed E-state index contributed by atoms with van der Waals surface area (Å²) in [6.45, 7) is 11.4. The van der Waals surface area contributed by atoms with E-state index in [2.05, 4.69) is 10.2 Å². The second-order valence-corrected chi connectivity index (χ2v) is 6.42. The molecule has 0 radical (unpaired) electrons. The van der Waals surface area contributed by atoms with Crippen molar-refractivity contribution in [1.29, 1.82) is 0 Å². The zero-order valence-corrected chi connectivity index (χ0v) is 13.9. The maximum Gasteiger partial charge on any atom is 0.222 e. The van der Waals surface area contributed by atoms with Gasteiger partial charge in [-0.15, -0.1) is 0 Å². The number of nitrogens with zero attached hydrogens (tertiary/aromatic N) is 1. The van der Waals surface area contributed by atoms with Gasteiger partial charge in [0.15, 0.2) is 5.78 Å². The molecular formula is C16H32N2O3. The highest BCUT2D eigenvalue weighted by atomic mass is 16.5. The first-order valence-electron chi connectivity index (χ1n) is 8.04. The summed E-state index contributed by atoms with van der Waals surface area (Å²) in [5, 5.41) is 2.94. The second kappa shape index (κ2) is 9.15. The molecule has 0 atom stereocenters. The van der Waals surface area contributed by atoms with Gasteiger partial charge in [0, 0.05) is 39.4 Å². The maximum absolute atomic E-state index is 11.5. The molecule has 0 aromatic heterocycles. The Morgan fingerprint density at radius 2 is 1.81 bits per heavy atom. The minimum absolute atomic E-state index is 0. The number of hydrogen-bond donors (Lipinski definition) is 1. The summed E-state index contributed by atoms with van der Waals surface area (Å²) in [7, 11) is 0. The predicted octanol–water partition coefficient (Wildman–Crippen LogP) is 1.71. The van der Waals surface area contributed by atoms with Crippen LogP contribution in [0.4, 0.5) is 0 Å². The number of carbonyl (C=O) groups is 2. The van der Waals surface area contributed by atoms with Crippen molar-refractivity contribution in [3.8, 4) is 0 Å². The minimum Gasteiger partial charge on any atom is -0.370 e. The first-order valence-corrected chi connectivity index (χ1v) is 8.04. The third-order valence-electron chi connectivity index (χ3n) is 3.89. The van der Waals surface area contributed by atoms with Gasteiger partial charge in [0.2, 0.25) is 5.91 Å². The topological polar surface area (TPSA) is 58.6 Å². The number of nitrogens with one attached hydrogen (secondary N) is 1. The van der Waals surface area contributed by atoms with Crippen molar-refractivity contribution in [1.82, 2.24) is 10.2 Å². The third-order valence-corrected chi connectivity index (χ3v) is 3.89. The molecule has 0 spiro atoms. The van der Waals surface area contributed by atoms with E-state index in [0.29, 0.717) is 6.54 Å². The molecule has 1 rings (SSSR count). The fourth-order valence-corrected chi connectivity index (χ4v) is 2.21. The Labute approximate surface area is 129 Å². The van der Waals surface area contributed by atoms with Gasteiger partial charge in [-0.1, -0.05) is 27.7 Å². The molecule has 0 aromatic rings. The van der Waals surface area contributed by atoms with Crippen LogP contribution in [0.2, 0.25) is 0 Å². The number of rotatable bonds is 8. The average molecular weight is 300 g/mol. The smallest absolute Gasteiger partial charge is 0.222 e. The summed E-state index contributed by atoms with van der Waals surface area (Å²) in [6, 6.07) is 0. The number of hydrogen-bond acceptors (Lipinski definition) is 4. The van der Waals surface area contributed by atoms with Gasteiger partial charge in [0.1, 0.15) is 6.61 Å². The molecule has 1 amide bonds. The van der Waals surface area contributed by atoms with Gasteiger partial charge in [-0.05, 0) is 12.8 Å². The van der Waals surface area contributed by atoms with Gasteiger partial charge in [0.25, 0.3) is 0 Å². The van der Waals surface area contributed by atoms with E-state index in [-0.39, 0.29) is 37.7 Å². The van der Waals surface area contributed by atoms with Crippen LogP contribution in [0.1, 0.15) is 42.0 Å². The first kappa shape index (κ1) is 18.1. The molecule has 0 aliphatic carbocycles. The van der Waals surface area contributed by atoms with Crippen molar-refractivity contribution in [3.63, 3.8) is 0 Å². The van der Waals surface area contributed by atoms with E-state index in [1.165, 1.54) is 0 Å². The first-order chi connectivity index (χ1) is 9.90. The van der Waals surface area contributed by atoms with Gasteiger partial charge in [-0.3, -0.25) is 9.59 Å². The standard InChI is InChI=1S/C16H30N2O3.H2/c1-12(2)15(19)11-21-14-5-8-18(9-6-14)10-7-17-16(20)13(3)4;/h12-14H,5-11H2,1-4H3,(H,17,20);1H. The minimum atomic E-state index is 0. The number of Topliss-reactive ketones (excluding diaryl/α,β-unsaturated/α-hetero) is 1. The SMILES string of the molecule is CC(C)C(=O)COC1CCN(CCNC(=O)C(C)C)CC1.[HH]. The Morgan fingerprint density at radius 3 is 2.33 bits per heavy atom. The molecule has 5 nitrogen and oxygen atoms in total. The van der Waals surface area contributed by atoms with Crippen LogP contribution in [0.25, 0.3) is 0 Å². The molecule has 1 N–H and O–H groups in total. The summed E-state index contributed by atoms with van der Waals surface area (Å²) in [5.41, 5.74) is 0. The number of ketones is 1. The molecule has 0 saturated carbocycles. The molecule has 0 bridgehead atoms. The Kier molecular flexibility index (Phi) is 7.89. The Balaban J connectivity index is 0.00000441. The summed E-state index contributed by atoms with van der Waals surface area (Å²) < 4.78 is 5.68. The van der Waals surface area contributed by atoms with Crippen LogP contribution in [0, 0.1) is 11.8 Å². The van der Waals surface area contributed by atoms with E-state index in [0.717, 1.165) is 32.5 Å². The van der Waals surface area contributed by atoms with E-state index < -0.39 is 0 Å². The van der Waals surface area contributed by atoms with Gasteiger partial charge in [0.05, 0.1) is 6.10 Å². The predicted molar refractivity (Wildman–Crippen MR) is 85.2 cm³/mol. The van der Waals surface area contributed by atoms with Crippen molar-refractivity contribution in [2.75, 3.05) is 32.8 Å². The lowest BCUT2D eigenvalue weighted by atomic mass is 10.1. The number of amides is 1. The van der Waals surface area contributed by atoms with E-state index in [4.69, 9.17) is 4.74 Å². The van der Waals surface area contributed by atoms with E-state index in [1.54, 1.807) is 0 Å². The van der Waals surface area contributed by atoms with E-state index in [9.17, 15) is 9.59 Å². The van der Waals surface area contributed by atoms with Gasteiger partial charge < -0.3 is 15.0 Å². The summed E-state index contributed by atoms with van der Waals surface area (Å²) in [4.78, 5) is 25.3. The molecule has 1 aliphatic rings. The lowest BCUT2D eigenvalue weighted by Crippen LogP contribution is -2.42. The summed E-state index contributed by atoms with van der Waals surface area (Å²) in [6.07, 6.45) is 2.13. The van der Waals surface area contributed by atoms with Crippen molar-refractivity contribution in [3.05, 3.63) is 0 Å². The van der Waals surface area contributed by atoms with Crippen LogP contribution in [-0.4, -0.2) is 55.5 Å². The van der Waals surface area contributed by atoms with Crippen LogP contribution in [0.3, 0.4) is 0 Å². The Hall–Kier alpha value is -0.940. The van der Waals surface area contributed by atoms with Crippen molar-refractivity contribution in [2.45, 2.75) is 46.6 Å². The van der Waals surface area contributed by atoms with E-state index in [1.807, 2.05) is 27.7 Å². The second-order valence-electron chi connectivity index (χ2n) is 6.42. The van der Waals surface area contributed by atoms with Crippen LogP contribution < -0.4 is 5.32 Å². The van der Waals surface area contributed by atoms with Crippen molar-refractivity contribution in [2.24, 2.45) is 11.8 Å². The lowest BCUT2D eigenvalue weighted by molar-refractivity contribution is -0.129. The van der Waals surface area contributed by atoms with Gasteiger partial charge >= 0.3 is 0 Å². The average Bonchev–Trinajstić information content (AvgIpc) is 2.45. The fourth-order valence-electron chi connectivity index (χ4n) is 2.21. The lowest BCUT2D eigenvalue weighted by Gasteiger charge is -2.31. The maximum atomic E-state index is 11.5. The van der Waals surface area contributed by atoms with Crippen LogP contribution in [-0.2, 0) is 14.3 Å². The molecule has 1 heterocycles. The van der Waals surface area contributed by atoms with Crippen LogP contribution in [0.15, 0.2) is 0 Å². The molecule has 1 fully saturated rings. The molecule has 0 aromatic carbocycles. The van der Waals surface area contributed by atoms with Gasteiger partial charge in [-0.25, -0.2) is 0 Å². The summed E-state index contributed by atoms with van der Waals surface area (Å²) in [5.74, 6) is 0.381. The van der Waals surface area contributed by atoms with Crippen LogP contribution >= 0.6 is 0 Å². The molecule has 1 aliphatic heterocycles. The molecule has 5 heteroatoms. The highest BCUT2D eigenvalue weighted by Crippen LogP contribution is 2.13. The quantitative estimate of drug-likeness (QED) is 0.741. The number of ether oxygens (including phenoxy) is 1. The number of likely N-dealkylation sites (tertiary alicyclic amines) is 1. The number of piperidine rings is 1. The molecule has 0 unspecified atom stereocenters. The van der Waals surface area contributed by atoms with Crippen molar-refractivity contribution < 1.29 is 15.8 Å². The molecule has 124 valence electrons. The Morgan fingerprint density at radius 1 is 1.19 bits per heavy atom. The molecular weight excluding hydrogens is 268 g/mol. The number of carbonyl (C=O) groups excluding carboxylic acids is 2. The highest BCUT2D eigenvalue weighted by Gasteiger charge is 2.20. The van der Waals surface area contributed by atoms with Crippen LogP contribution in [0.5, 0.6) is 0 Å². The van der Waals surface area contributed by atoms with E-state index >= 15 is 0 Å². The zero-order valence-electron chi connectivity index (χ0n) is 13.9.